The zero-order chi connectivity index (χ0) is 14.9. The van der Waals surface area contributed by atoms with E-state index in [1.807, 2.05) is 6.07 Å². The smallest absolute Gasteiger partial charge is 0.230 e. The van der Waals surface area contributed by atoms with Crippen LogP contribution in [0.3, 0.4) is 0 Å². The number of amides is 1. The zero-order valence-corrected chi connectivity index (χ0v) is 13.8. The van der Waals surface area contributed by atoms with Crippen molar-refractivity contribution in [1.29, 1.82) is 0 Å². The predicted octanol–water partition coefficient (Wildman–Crippen LogP) is 2.96. The molecule has 22 heavy (non-hydrogen) atoms. The summed E-state index contributed by atoms with van der Waals surface area (Å²) < 4.78 is 2.21. The third-order valence-corrected chi connectivity index (χ3v) is 5.74. The summed E-state index contributed by atoms with van der Waals surface area (Å²) in [4.78, 5) is 13.0. The van der Waals surface area contributed by atoms with Gasteiger partial charge in [-0.3, -0.25) is 9.36 Å². The van der Waals surface area contributed by atoms with Gasteiger partial charge in [-0.15, -0.1) is 21.5 Å². The molecule has 0 saturated heterocycles. The van der Waals surface area contributed by atoms with E-state index in [2.05, 4.69) is 31.5 Å². The summed E-state index contributed by atoms with van der Waals surface area (Å²) >= 11 is 3.18. The van der Waals surface area contributed by atoms with Crippen molar-refractivity contribution in [2.24, 2.45) is 5.92 Å². The van der Waals surface area contributed by atoms with E-state index in [1.165, 1.54) is 37.4 Å². The van der Waals surface area contributed by atoms with E-state index in [0.717, 1.165) is 28.3 Å². The van der Waals surface area contributed by atoms with Crippen LogP contribution in [-0.4, -0.2) is 33.0 Å². The third kappa shape index (κ3) is 3.20. The van der Waals surface area contributed by atoms with Crippen LogP contribution in [0.4, 0.5) is 0 Å². The monoisotopic (exact) mass is 334 g/mol. The average Bonchev–Trinajstić information content (AvgIpc) is 3.44. The Hall–Kier alpha value is -1.34. The standard InChI is InChI=1S/C15H18N4OS2/c20-13(16-8-10-3-4-10)9-22-15-18-17-14(12-2-1-7-21-12)19(15)11-5-6-11/h1-2,7,10-11H,3-6,8-9H2,(H,16,20). The van der Waals surface area contributed by atoms with Crippen LogP contribution in [-0.2, 0) is 4.79 Å². The molecule has 0 unspecified atom stereocenters. The number of hydrogen-bond donors (Lipinski definition) is 1. The maximum absolute atomic E-state index is 11.9. The van der Waals surface area contributed by atoms with Gasteiger partial charge in [-0.25, -0.2) is 0 Å². The molecule has 4 rings (SSSR count). The Balaban J connectivity index is 1.43. The minimum atomic E-state index is 0.0971. The molecule has 0 radical (unpaired) electrons. The lowest BCUT2D eigenvalue weighted by atomic mass is 10.4. The molecule has 2 saturated carbocycles. The van der Waals surface area contributed by atoms with Gasteiger partial charge < -0.3 is 5.32 Å². The molecule has 0 bridgehead atoms. The summed E-state index contributed by atoms with van der Waals surface area (Å²) in [7, 11) is 0. The van der Waals surface area contributed by atoms with Crippen molar-refractivity contribution in [3.63, 3.8) is 0 Å². The van der Waals surface area contributed by atoms with Crippen LogP contribution in [0.5, 0.6) is 0 Å². The van der Waals surface area contributed by atoms with Crippen LogP contribution in [0.2, 0.25) is 0 Å². The summed E-state index contributed by atoms with van der Waals surface area (Å²) in [6, 6.07) is 4.61. The normalized spacial score (nSPS) is 17.6. The summed E-state index contributed by atoms with van der Waals surface area (Å²) in [5.74, 6) is 2.18. The number of thioether (sulfide) groups is 1. The maximum Gasteiger partial charge on any atom is 0.230 e. The minimum absolute atomic E-state index is 0.0971. The number of aromatic nitrogens is 3. The van der Waals surface area contributed by atoms with Crippen molar-refractivity contribution in [2.45, 2.75) is 36.9 Å². The molecule has 116 valence electrons. The number of nitrogens with one attached hydrogen (secondary N) is 1. The highest BCUT2D eigenvalue weighted by Crippen LogP contribution is 2.41. The Morgan fingerprint density at radius 2 is 2.23 bits per heavy atom. The highest BCUT2D eigenvalue weighted by molar-refractivity contribution is 7.99. The third-order valence-electron chi connectivity index (χ3n) is 3.94. The molecule has 1 amide bonds. The second-order valence-corrected chi connectivity index (χ2v) is 7.81. The molecule has 1 N–H and O–H groups in total. The number of thiophene rings is 1. The van der Waals surface area contributed by atoms with E-state index in [-0.39, 0.29) is 5.91 Å². The molecule has 0 aliphatic heterocycles. The number of carbonyl (C=O) groups excluding carboxylic acids is 1. The lowest BCUT2D eigenvalue weighted by Crippen LogP contribution is -2.27. The Morgan fingerprint density at radius 3 is 2.91 bits per heavy atom. The zero-order valence-electron chi connectivity index (χ0n) is 12.2. The van der Waals surface area contributed by atoms with E-state index in [9.17, 15) is 4.79 Å². The Bertz CT molecular complexity index is 659. The summed E-state index contributed by atoms with van der Waals surface area (Å²) in [5.41, 5.74) is 0. The van der Waals surface area contributed by atoms with Gasteiger partial charge in [-0.1, -0.05) is 17.8 Å². The largest absolute Gasteiger partial charge is 0.355 e. The first-order chi connectivity index (χ1) is 10.8. The van der Waals surface area contributed by atoms with Crippen LogP contribution >= 0.6 is 23.1 Å². The Kier molecular flexibility index (Phi) is 3.92. The van der Waals surface area contributed by atoms with Crippen LogP contribution < -0.4 is 5.32 Å². The molecule has 2 aromatic heterocycles. The second kappa shape index (κ2) is 6.04. The molecule has 0 spiro atoms. The van der Waals surface area contributed by atoms with E-state index < -0.39 is 0 Å². The summed E-state index contributed by atoms with van der Waals surface area (Å²) in [6.45, 7) is 0.829. The Labute approximate surface area is 137 Å². The van der Waals surface area contributed by atoms with E-state index in [1.54, 1.807) is 11.3 Å². The van der Waals surface area contributed by atoms with Gasteiger partial charge in [-0.05, 0) is 43.0 Å². The van der Waals surface area contributed by atoms with Gasteiger partial charge in [0.2, 0.25) is 5.91 Å². The topological polar surface area (TPSA) is 59.8 Å². The molecule has 7 heteroatoms. The van der Waals surface area contributed by atoms with Gasteiger partial charge in [0.05, 0.1) is 10.6 Å². The molecule has 0 atom stereocenters. The molecule has 2 heterocycles. The first kappa shape index (κ1) is 14.3. The highest BCUT2D eigenvalue weighted by atomic mass is 32.2. The molecular weight excluding hydrogens is 316 g/mol. The van der Waals surface area contributed by atoms with Crippen molar-refractivity contribution < 1.29 is 4.79 Å². The van der Waals surface area contributed by atoms with Crippen molar-refractivity contribution in [3.8, 4) is 10.7 Å². The number of carbonyl (C=O) groups is 1. The molecular formula is C15H18N4OS2. The summed E-state index contributed by atoms with van der Waals surface area (Å²) in [5, 5.41) is 14.6. The first-order valence-electron chi connectivity index (χ1n) is 7.69. The van der Waals surface area contributed by atoms with Crippen LogP contribution in [0.25, 0.3) is 10.7 Å². The van der Waals surface area contributed by atoms with Crippen molar-refractivity contribution in [3.05, 3.63) is 17.5 Å². The van der Waals surface area contributed by atoms with Gasteiger partial charge >= 0.3 is 0 Å². The van der Waals surface area contributed by atoms with Crippen LogP contribution in [0.15, 0.2) is 22.7 Å². The second-order valence-electron chi connectivity index (χ2n) is 5.92. The fourth-order valence-electron chi connectivity index (χ4n) is 2.37. The molecule has 2 aliphatic rings. The molecule has 2 fully saturated rings. The molecule has 2 aliphatic carbocycles. The SMILES string of the molecule is O=C(CSc1nnc(-c2cccs2)n1C1CC1)NCC1CC1. The number of rotatable bonds is 7. The van der Waals surface area contributed by atoms with Crippen LogP contribution in [0.1, 0.15) is 31.7 Å². The number of hydrogen-bond acceptors (Lipinski definition) is 5. The first-order valence-corrected chi connectivity index (χ1v) is 9.56. The Morgan fingerprint density at radius 1 is 1.36 bits per heavy atom. The van der Waals surface area contributed by atoms with E-state index >= 15 is 0 Å². The molecule has 2 aromatic rings. The van der Waals surface area contributed by atoms with E-state index in [4.69, 9.17) is 0 Å². The predicted molar refractivity (Wildman–Crippen MR) is 88.1 cm³/mol. The minimum Gasteiger partial charge on any atom is -0.355 e. The molecule has 0 aromatic carbocycles. The fraction of sp³-hybridized carbons (Fsp3) is 0.533. The van der Waals surface area contributed by atoms with Gasteiger partial charge in [0.1, 0.15) is 0 Å². The molecule has 5 nitrogen and oxygen atoms in total. The lowest BCUT2D eigenvalue weighted by molar-refractivity contribution is -0.118. The van der Waals surface area contributed by atoms with E-state index in [0.29, 0.717) is 11.8 Å². The van der Waals surface area contributed by atoms with Gasteiger partial charge in [0.15, 0.2) is 11.0 Å². The van der Waals surface area contributed by atoms with Crippen molar-refractivity contribution in [2.75, 3.05) is 12.3 Å². The van der Waals surface area contributed by atoms with Gasteiger partial charge in [0.25, 0.3) is 0 Å². The number of nitrogens with zero attached hydrogens (tertiary/aromatic N) is 3. The fourth-order valence-corrected chi connectivity index (χ4v) is 3.91. The van der Waals surface area contributed by atoms with Crippen molar-refractivity contribution in [1.82, 2.24) is 20.1 Å². The maximum atomic E-state index is 11.9. The highest BCUT2D eigenvalue weighted by Gasteiger charge is 2.30. The van der Waals surface area contributed by atoms with Crippen LogP contribution in [0, 0.1) is 5.92 Å². The van der Waals surface area contributed by atoms with Crippen molar-refractivity contribution >= 4 is 29.0 Å². The van der Waals surface area contributed by atoms with Gasteiger partial charge in [0, 0.05) is 12.6 Å². The quantitative estimate of drug-likeness (QED) is 0.791. The summed E-state index contributed by atoms with van der Waals surface area (Å²) in [6.07, 6.45) is 4.87. The van der Waals surface area contributed by atoms with Gasteiger partial charge in [-0.2, -0.15) is 0 Å². The lowest BCUT2D eigenvalue weighted by Gasteiger charge is -2.08. The average molecular weight is 334 g/mol.